The van der Waals surface area contributed by atoms with E-state index in [2.05, 4.69) is 5.32 Å². The average Bonchev–Trinajstić information content (AvgIpc) is 2.55. The number of benzene rings is 2. The van der Waals surface area contributed by atoms with Crippen LogP contribution in [0.1, 0.15) is 34.3 Å². The molecule has 0 radical (unpaired) electrons. The van der Waals surface area contributed by atoms with Crippen molar-refractivity contribution in [3.63, 3.8) is 0 Å². The number of rotatable bonds is 6. The van der Waals surface area contributed by atoms with Gasteiger partial charge in [-0.3, -0.25) is 9.59 Å². The predicted molar refractivity (Wildman–Crippen MR) is 96.3 cm³/mol. The SMILES string of the molecule is CSc1ccccc1NC(=O)CCC(=O)c1ccc(C)c(C)c1. The molecule has 0 aliphatic rings. The van der Waals surface area contributed by atoms with E-state index in [1.54, 1.807) is 11.8 Å². The predicted octanol–water partition coefficient (Wildman–Crippen LogP) is 4.63. The van der Waals surface area contributed by atoms with Crippen LogP contribution in [0.2, 0.25) is 0 Å². The van der Waals surface area contributed by atoms with Gasteiger partial charge in [-0.2, -0.15) is 0 Å². The van der Waals surface area contributed by atoms with Gasteiger partial charge >= 0.3 is 0 Å². The van der Waals surface area contributed by atoms with Crippen molar-refractivity contribution in [1.29, 1.82) is 0 Å². The minimum Gasteiger partial charge on any atom is -0.325 e. The van der Waals surface area contributed by atoms with Crippen molar-refractivity contribution in [3.8, 4) is 0 Å². The maximum Gasteiger partial charge on any atom is 0.224 e. The number of ketones is 1. The maximum atomic E-state index is 12.2. The van der Waals surface area contributed by atoms with Gasteiger partial charge in [0.05, 0.1) is 5.69 Å². The fourth-order valence-electron chi connectivity index (χ4n) is 2.25. The van der Waals surface area contributed by atoms with Crippen LogP contribution in [0, 0.1) is 13.8 Å². The Morgan fingerprint density at radius 1 is 1.00 bits per heavy atom. The summed E-state index contributed by atoms with van der Waals surface area (Å²) in [5.41, 5.74) is 3.72. The lowest BCUT2D eigenvalue weighted by atomic mass is 10.0. The van der Waals surface area contributed by atoms with Crippen LogP contribution < -0.4 is 5.32 Å². The largest absolute Gasteiger partial charge is 0.325 e. The Bertz CT molecular complexity index is 725. The number of aryl methyl sites for hydroxylation is 2. The van der Waals surface area contributed by atoms with Gasteiger partial charge in [0.1, 0.15) is 0 Å². The zero-order valence-corrected chi connectivity index (χ0v) is 14.5. The lowest BCUT2D eigenvalue weighted by Gasteiger charge is -2.09. The highest BCUT2D eigenvalue weighted by Crippen LogP contribution is 2.24. The topological polar surface area (TPSA) is 46.2 Å². The van der Waals surface area contributed by atoms with Gasteiger partial charge < -0.3 is 5.32 Å². The quantitative estimate of drug-likeness (QED) is 0.621. The van der Waals surface area contributed by atoms with Crippen molar-refractivity contribution in [1.82, 2.24) is 0 Å². The molecular weight excluding hydrogens is 306 g/mol. The number of hydrogen-bond acceptors (Lipinski definition) is 3. The zero-order chi connectivity index (χ0) is 16.8. The van der Waals surface area contributed by atoms with Crippen molar-refractivity contribution in [2.45, 2.75) is 31.6 Å². The van der Waals surface area contributed by atoms with Crippen molar-refractivity contribution in [2.24, 2.45) is 0 Å². The number of hydrogen-bond donors (Lipinski definition) is 1. The summed E-state index contributed by atoms with van der Waals surface area (Å²) in [6.07, 6.45) is 2.37. The lowest BCUT2D eigenvalue weighted by molar-refractivity contribution is -0.116. The Balaban J connectivity index is 1.93. The molecule has 0 aliphatic carbocycles. The molecule has 23 heavy (non-hydrogen) atoms. The first kappa shape index (κ1) is 17.3. The summed E-state index contributed by atoms with van der Waals surface area (Å²) < 4.78 is 0. The second-order valence-corrected chi connectivity index (χ2v) is 6.32. The second kappa shape index (κ2) is 7.97. The van der Waals surface area contributed by atoms with Gasteiger partial charge in [0, 0.05) is 23.3 Å². The molecule has 0 aliphatic heterocycles. The molecule has 3 nitrogen and oxygen atoms in total. The average molecular weight is 327 g/mol. The second-order valence-electron chi connectivity index (χ2n) is 5.47. The number of Topliss-reactive ketones (excluding diaryl/α,β-unsaturated/α-hetero) is 1. The van der Waals surface area contributed by atoms with E-state index in [1.807, 2.05) is 62.6 Å². The van der Waals surface area contributed by atoms with Crippen LogP contribution >= 0.6 is 11.8 Å². The number of anilines is 1. The van der Waals surface area contributed by atoms with E-state index in [9.17, 15) is 9.59 Å². The molecule has 0 heterocycles. The molecule has 0 bridgehead atoms. The van der Waals surface area contributed by atoms with Gasteiger partial charge in [-0.15, -0.1) is 11.8 Å². The maximum absolute atomic E-state index is 12.2. The van der Waals surface area contributed by atoms with Crippen LogP contribution in [0.4, 0.5) is 5.69 Å². The molecule has 1 N–H and O–H groups in total. The summed E-state index contributed by atoms with van der Waals surface area (Å²) in [5, 5.41) is 2.88. The normalized spacial score (nSPS) is 10.4. The molecular formula is C19H21NO2S. The van der Waals surface area contributed by atoms with Crippen LogP contribution in [0.15, 0.2) is 47.4 Å². The monoisotopic (exact) mass is 327 g/mol. The Morgan fingerprint density at radius 2 is 1.74 bits per heavy atom. The van der Waals surface area contributed by atoms with Crippen LogP contribution in [0.5, 0.6) is 0 Å². The summed E-state index contributed by atoms with van der Waals surface area (Å²) in [5.74, 6) is -0.134. The van der Waals surface area contributed by atoms with Gasteiger partial charge in [0.15, 0.2) is 5.78 Å². The van der Waals surface area contributed by atoms with E-state index < -0.39 is 0 Å². The fourth-order valence-corrected chi connectivity index (χ4v) is 2.80. The molecule has 120 valence electrons. The zero-order valence-electron chi connectivity index (χ0n) is 13.7. The van der Waals surface area contributed by atoms with Crippen LogP contribution in [0.3, 0.4) is 0 Å². The highest BCUT2D eigenvalue weighted by atomic mass is 32.2. The molecule has 0 atom stereocenters. The van der Waals surface area contributed by atoms with E-state index in [-0.39, 0.29) is 24.5 Å². The molecule has 4 heteroatoms. The summed E-state index contributed by atoms with van der Waals surface area (Å²) in [7, 11) is 0. The van der Waals surface area contributed by atoms with E-state index >= 15 is 0 Å². The van der Waals surface area contributed by atoms with Crippen LogP contribution in [-0.2, 0) is 4.79 Å². The highest BCUT2D eigenvalue weighted by molar-refractivity contribution is 7.98. The Kier molecular flexibility index (Phi) is 5.99. The standard InChI is InChI=1S/C19H21NO2S/c1-13-8-9-15(12-14(13)2)17(21)10-11-19(22)20-16-6-4-5-7-18(16)23-3/h4-9,12H,10-11H2,1-3H3,(H,20,22). The minimum absolute atomic E-state index is 0.00130. The van der Waals surface area contributed by atoms with E-state index in [0.29, 0.717) is 5.56 Å². The summed E-state index contributed by atoms with van der Waals surface area (Å²) in [6, 6.07) is 13.3. The number of carbonyl (C=O) groups is 2. The molecule has 0 unspecified atom stereocenters. The lowest BCUT2D eigenvalue weighted by Crippen LogP contribution is -2.14. The van der Waals surface area contributed by atoms with Crippen molar-refractivity contribution in [2.75, 3.05) is 11.6 Å². The van der Waals surface area contributed by atoms with Crippen molar-refractivity contribution in [3.05, 3.63) is 59.2 Å². The van der Waals surface area contributed by atoms with Crippen LogP contribution in [-0.4, -0.2) is 17.9 Å². The molecule has 1 amide bonds. The molecule has 2 rings (SSSR count). The number of para-hydroxylation sites is 1. The van der Waals surface area contributed by atoms with E-state index in [4.69, 9.17) is 0 Å². The van der Waals surface area contributed by atoms with Gasteiger partial charge in [-0.1, -0.05) is 24.3 Å². The van der Waals surface area contributed by atoms with Crippen LogP contribution in [0.25, 0.3) is 0 Å². The summed E-state index contributed by atoms with van der Waals surface area (Å²) >= 11 is 1.58. The minimum atomic E-state index is -0.135. The molecule has 0 aromatic heterocycles. The number of carbonyl (C=O) groups excluding carboxylic acids is 2. The number of thioether (sulfide) groups is 1. The van der Waals surface area contributed by atoms with E-state index in [0.717, 1.165) is 21.7 Å². The Labute approximate surface area is 141 Å². The summed E-state index contributed by atoms with van der Waals surface area (Å²) in [6.45, 7) is 4.00. The van der Waals surface area contributed by atoms with Gasteiger partial charge in [-0.05, 0) is 49.4 Å². The number of nitrogens with one attached hydrogen (secondary N) is 1. The molecule has 0 spiro atoms. The first-order valence-corrected chi connectivity index (χ1v) is 8.77. The molecule has 0 saturated carbocycles. The van der Waals surface area contributed by atoms with Gasteiger partial charge in [0.25, 0.3) is 0 Å². The molecule has 0 fully saturated rings. The van der Waals surface area contributed by atoms with Gasteiger partial charge in [0.2, 0.25) is 5.91 Å². The first-order chi connectivity index (χ1) is 11.0. The molecule has 0 saturated heterocycles. The molecule has 2 aromatic rings. The van der Waals surface area contributed by atoms with Gasteiger partial charge in [-0.25, -0.2) is 0 Å². The Morgan fingerprint density at radius 3 is 2.43 bits per heavy atom. The fraction of sp³-hybridized carbons (Fsp3) is 0.263. The van der Waals surface area contributed by atoms with E-state index in [1.165, 1.54) is 0 Å². The first-order valence-electron chi connectivity index (χ1n) is 7.54. The van der Waals surface area contributed by atoms with Crippen molar-refractivity contribution >= 4 is 29.1 Å². The van der Waals surface area contributed by atoms with Crippen molar-refractivity contribution < 1.29 is 9.59 Å². The molecule has 2 aromatic carbocycles. The third-order valence-corrected chi connectivity index (χ3v) is 4.58. The smallest absolute Gasteiger partial charge is 0.224 e. The third-order valence-electron chi connectivity index (χ3n) is 3.79. The highest BCUT2D eigenvalue weighted by Gasteiger charge is 2.11. The summed E-state index contributed by atoms with van der Waals surface area (Å²) in [4.78, 5) is 25.3. The Hall–Kier alpha value is -2.07. The third kappa shape index (κ3) is 4.70. The number of amides is 1.